The molecule has 0 amide bonds. The van der Waals surface area contributed by atoms with Gasteiger partial charge >= 0.3 is 0 Å². The zero-order valence-electron chi connectivity index (χ0n) is 8.15. The summed E-state index contributed by atoms with van der Waals surface area (Å²) in [5.41, 5.74) is 0. The highest BCUT2D eigenvalue weighted by Crippen LogP contribution is 2.21. The van der Waals surface area contributed by atoms with E-state index in [4.69, 9.17) is 0 Å². The molecule has 0 atom stereocenters. The lowest BCUT2D eigenvalue weighted by molar-refractivity contribution is -0.00000263. The molecule has 0 nitrogen and oxygen atoms in total. The minimum absolute atomic E-state index is 0. The van der Waals surface area contributed by atoms with Crippen LogP contribution in [0.25, 0.3) is 21.5 Å². The van der Waals surface area contributed by atoms with Crippen molar-refractivity contribution in [2.45, 2.75) is 0 Å². The maximum absolute atomic E-state index is 2.24. The first-order chi connectivity index (χ1) is 6.93. The first-order valence-electron chi connectivity index (χ1n) is 4.81. The van der Waals surface area contributed by atoms with Crippen molar-refractivity contribution in [1.82, 2.24) is 0 Å². The van der Waals surface area contributed by atoms with E-state index in [-0.39, 0.29) is 17.0 Å². The fourth-order valence-corrected chi connectivity index (χ4v) is 1.88. The van der Waals surface area contributed by atoms with Crippen LogP contribution in [0.15, 0.2) is 60.7 Å². The van der Waals surface area contributed by atoms with Gasteiger partial charge in [-0.1, -0.05) is 48.5 Å². The molecule has 0 spiro atoms. The van der Waals surface area contributed by atoms with Gasteiger partial charge in [-0.15, -0.1) is 0 Å². The molecule has 0 saturated heterocycles. The quantitative estimate of drug-likeness (QED) is 0.528. The second kappa shape index (κ2) is 4.03. The van der Waals surface area contributed by atoms with Gasteiger partial charge in [-0.05, 0) is 33.7 Å². The number of rotatable bonds is 0. The largest absolute Gasteiger partial charge is 1.00 e. The molecule has 0 fully saturated rings. The van der Waals surface area contributed by atoms with Crippen LogP contribution in [0.4, 0.5) is 0 Å². The molecule has 0 bridgehead atoms. The third kappa shape index (κ3) is 1.75. The molecule has 15 heavy (non-hydrogen) atoms. The van der Waals surface area contributed by atoms with E-state index < -0.39 is 0 Å². The molecule has 74 valence electrons. The molecule has 0 heterocycles. The molecule has 0 unspecified atom stereocenters. The van der Waals surface area contributed by atoms with E-state index in [0.717, 1.165) is 0 Å². The van der Waals surface area contributed by atoms with Gasteiger partial charge in [0.15, 0.2) is 0 Å². The predicted molar refractivity (Wildman–Crippen MR) is 61.5 cm³/mol. The Kier molecular flexibility index (Phi) is 2.74. The summed E-state index contributed by atoms with van der Waals surface area (Å²) in [5.74, 6) is 0. The SMILES string of the molecule is [Br-].c1ccc2cc3ccccc3cc2c1. The summed E-state index contributed by atoms with van der Waals surface area (Å²) in [6.07, 6.45) is 0. The fourth-order valence-electron chi connectivity index (χ4n) is 1.88. The van der Waals surface area contributed by atoms with Crippen molar-refractivity contribution in [3.05, 3.63) is 60.7 Å². The summed E-state index contributed by atoms with van der Waals surface area (Å²) in [6.45, 7) is 0. The van der Waals surface area contributed by atoms with Crippen LogP contribution in [0.2, 0.25) is 0 Å². The predicted octanol–water partition coefficient (Wildman–Crippen LogP) is 0.997. The van der Waals surface area contributed by atoms with Crippen molar-refractivity contribution in [2.24, 2.45) is 0 Å². The number of halogens is 1. The Bertz CT molecular complexity index is 494. The van der Waals surface area contributed by atoms with Gasteiger partial charge in [-0.25, -0.2) is 0 Å². The summed E-state index contributed by atoms with van der Waals surface area (Å²) < 4.78 is 0. The smallest absolute Gasteiger partial charge is 0.0178 e. The highest BCUT2D eigenvalue weighted by atomic mass is 79.9. The van der Waals surface area contributed by atoms with E-state index in [1.54, 1.807) is 0 Å². The Labute approximate surface area is 99.3 Å². The molecule has 1 heteroatoms. The molecule has 0 aromatic heterocycles. The zero-order chi connectivity index (χ0) is 9.38. The van der Waals surface area contributed by atoms with Crippen LogP contribution in [0.1, 0.15) is 0 Å². The average molecular weight is 258 g/mol. The normalized spacial score (nSPS) is 10.1. The Morgan fingerprint density at radius 2 is 0.733 bits per heavy atom. The number of hydrogen-bond donors (Lipinski definition) is 0. The van der Waals surface area contributed by atoms with E-state index in [1.807, 2.05) is 0 Å². The Balaban J connectivity index is 0.000000853. The highest BCUT2D eigenvalue weighted by Gasteiger charge is 1.95. The van der Waals surface area contributed by atoms with Gasteiger partial charge in [0, 0.05) is 0 Å². The number of benzene rings is 3. The van der Waals surface area contributed by atoms with Gasteiger partial charge < -0.3 is 17.0 Å². The van der Waals surface area contributed by atoms with E-state index >= 15 is 0 Å². The second-order valence-electron chi connectivity index (χ2n) is 3.55. The first kappa shape index (κ1) is 10.2. The minimum Gasteiger partial charge on any atom is -1.00 e. The third-order valence-corrected chi connectivity index (χ3v) is 2.61. The molecule has 0 aliphatic carbocycles. The van der Waals surface area contributed by atoms with Crippen LogP contribution >= 0.6 is 0 Å². The maximum atomic E-state index is 2.24. The average Bonchev–Trinajstić information content (AvgIpc) is 2.26. The molecule has 0 saturated carbocycles. The van der Waals surface area contributed by atoms with Crippen molar-refractivity contribution in [3.63, 3.8) is 0 Å². The van der Waals surface area contributed by atoms with Crippen LogP contribution in [-0.2, 0) is 0 Å². The van der Waals surface area contributed by atoms with Crippen molar-refractivity contribution >= 4 is 21.5 Å². The summed E-state index contributed by atoms with van der Waals surface area (Å²) >= 11 is 0. The van der Waals surface area contributed by atoms with E-state index in [2.05, 4.69) is 60.7 Å². The van der Waals surface area contributed by atoms with Crippen LogP contribution < -0.4 is 17.0 Å². The number of hydrogen-bond acceptors (Lipinski definition) is 0. The van der Waals surface area contributed by atoms with Gasteiger partial charge in [0.25, 0.3) is 0 Å². The molecular weight excluding hydrogens is 248 g/mol. The van der Waals surface area contributed by atoms with Crippen molar-refractivity contribution in [2.75, 3.05) is 0 Å². The standard InChI is InChI=1S/C14H10.BrH/c1-2-6-12-10-14-8-4-3-7-13(14)9-11(12)5-1;/h1-10H;1H/p-1. The summed E-state index contributed by atoms with van der Waals surface area (Å²) in [6, 6.07) is 21.4. The Hall–Kier alpha value is -1.34. The molecule has 0 aliphatic heterocycles. The van der Waals surface area contributed by atoms with Crippen LogP contribution in [0.3, 0.4) is 0 Å². The molecule has 0 N–H and O–H groups in total. The van der Waals surface area contributed by atoms with E-state index in [1.165, 1.54) is 21.5 Å². The fraction of sp³-hybridized carbons (Fsp3) is 0. The topological polar surface area (TPSA) is 0 Å². The van der Waals surface area contributed by atoms with Gasteiger partial charge in [0.2, 0.25) is 0 Å². The Morgan fingerprint density at radius 1 is 0.467 bits per heavy atom. The van der Waals surface area contributed by atoms with Crippen LogP contribution in [0, 0.1) is 0 Å². The Morgan fingerprint density at radius 3 is 1.00 bits per heavy atom. The molecule has 3 aromatic rings. The monoisotopic (exact) mass is 257 g/mol. The zero-order valence-corrected chi connectivity index (χ0v) is 9.74. The highest BCUT2D eigenvalue weighted by molar-refractivity contribution is 5.97. The molecule has 3 aromatic carbocycles. The lowest BCUT2D eigenvalue weighted by atomic mass is 10.0. The lowest BCUT2D eigenvalue weighted by Crippen LogP contribution is -3.00. The summed E-state index contributed by atoms with van der Waals surface area (Å²) in [4.78, 5) is 0. The molecule has 0 radical (unpaired) electrons. The van der Waals surface area contributed by atoms with Crippen molar-refractivity contribution in [1.29, 1.82) is 0 Å². The van der Waals surface area contributed by atoms with Crippen molar-refractivity contribution in [3.8, 4) is 0 Å². The summed E-state index contributed by atoms with van der Waals surface area (Å²) in [7, 11) is 0. The maximum Gasteiger partial charge on any atom is -0.0178 e. The molecular formula is C14H10Br-. The summed E-state index contributed by atoms with van der Waals surface area (Å²) in [5, 5.41) is 5.25. The van der Waals surface area contributed by atoms with Gasteiger partial charge in [0.1, 0.15) is 0 Å². The lowest BCUT2D eigenvalue weighted by Gasteiger charge is -2.00. The molecule has 0 aliphatic rings. The minimum atomic E-state index is 0. The van der Waals surface area contributed by atoms with Crippen LogP contribution in [0.5, 0.6) is 0 Å². The van der Waals surface area contributed by atoms with Gasteiger partial charge in [-0.3, -0.25) is 0 Å². The van der Waals surface area contributed by atoms with E-state index in [9.17, 15) is 0 Å². The van der Waals surface area contributed by atoms with Gasteiger partial charge in [0.05, 0.1) is 0 Å². The molecule has 3 rings (SSSR count). The number of fused-ring (bicyclic) bond motifs is 2. The van der Waals surface area contributed by atoms with Crippen LogP contribution in [-0.4, -0.2) is 0 Å². The van der Waals surface area contributed by atoms with E-state index in [0.29, 0.717) is 0 Å². The third-order valence-electron chi connectivity index (χ3n) is 2.61. The van der Waals surface area contributed by atoms with Crippen molar-refractivity contribution < 1.29 is 17.0 Å². The first-order valence-corrected chi connectivity index (χ1v) is 4.81. The second-order valence-corrected chi connectivity index (χ2v) is 3.55. The van der Waals surface area contributed by atoms with Gasteiger partial charge in [-0.2, -0.15) is 0 Å².